The first-order chi connectivity index (χ1) is 2.81. The number of oxime groups is 1. The van der Waals surface area contributed by atoms with Gasteiger partial charge in [0, 0.05) is 0 Å². The molecule has 0 aliphatic heterocycles. The standard InChI is InChI=1S/C4H9NO.H3N/c1-3-4(2)5-6;/h6H,3H2,1-2H3;1H3. The van der Waals surface area contributed by atoms with Crippen molar-refractivity contribution in [1.29, 1.82) is 0 Å². The van der Waals surface area contributed by atoms with Gasteiger partial charge in [0.05, 0.1) is 5.71 Å². The molecule has 0 saturated heterocycles. The molecule has 3 heteroatoms. The fourth-order valence-electron chi connectivity index (χ4n) is 0.0707. The summed E-state index contributed by atoms with van der Waals surface area (Å²) in [4.78, 5) is 0. The zero-order chi connectivity index (χ0) is 4.99. The molecule has 0 heterocycles. The number of hydrogen-bond donors (Lipinski definition) is 2. The molecule has 4 N–H and O–H groups in total. The summed E-state index contributed by atoms with van der Waals surface area (Å²) in [6, 6.07) is 0. The number of hydrogen-bond acceptors (Lipinski definition) is 3. The highest BCUT2D eigenvalue weighted by molar-refractivity contribution is 5.80. The monoisotopic (exact) mass is 104 g/mol. The lowest BCUT2D eigenvalue weighted by atomic mass is 10.3. The van der Waals surface area contributed by atoms with Crippen LogP contribution in [0.15, 0.2) is 5.16 Å². The van der Waals surface area contributed by atoms with Gasteiger partial charge in [-0.15, -0.1) is 0 Å². The predicted octanol–water partition coefficient (Wildman–Crippen LogP) is 1.41. The second kappa shape index (κ2) is 5.43. The van der Waals surface area contributed by atoms with Crippen LogP contribution in [0, 0.1) is 0 Å². The van der Waals surface area contributed by atoms with Crippen LogP contribution in [0.2, 0.25) is 0 Å². The quantitative estimate of drug-likeness (QED) is 0.300. The third kappa shape index (κ3) is 5.43. The summed E-state index contributed by atoms with van der Waals surface area (Å²) in [6.07, 6.45) is 0.830. The Morgan fingerprint density at radius 3 is 2.14 bits per heavy atom. The molecule has 3 nitrogen and oxygen atoms in total. The molecular formula is C4H12N2O. The topological polar surface area (TPSA) is 67.6 Å². The smallest absolute Gasteiger partial charge is 0.0537 e. The zero-order valence-corrected chi connectivity index (χ0v) is 4.81. The number of rotatable bonds is 1. The molecule has 44 valence electrons. The second-order valence-corrected chi connectivity index (χ2v) is 1.19. The second-order valence-electron chi connectivity index (χ2n) is 1.19. The van der Waals surface area contributed by atoms with Crippen LogP contribution >= 0.6 is 0 Å². The molecule has 0 aromatic rings. The van der Waals surface area contributed by atoms with Crippen LogP contribution in [-0.2, 0) is 0 Å². The molecule has 0 spiro atoms. The van der Waals surface area contributed by atoms with Crippen LogP contribution in [0.4, 0.5) is 0 Å². The highest BCUT2D eigenvalue weighted by Crippen LogP contribution is 1.78. The van der Waals surface area contributed by atoms with Crippen molar-refractivity contribution in [2.45, 2.75) is 20.3 Å². The Bertz CT molecular complexity index is 60.7. The molecule has 0 aliphatic rings. The van der Waals surface area contributed by atoms with Gasteiger partial charge in [0.1, 0.15) is 0 Å². The zero-order valence-electron chi connectivity index (χ0n) is 4.81. The van der Waals surface area contributed by atoms with Crippen LogP contribution in [0.5, 0.6) is 0 Å². The van der Waals surface area contributed by atoms with Crippen molar-refractivity contribution in [3.8, 4) is 0 Å². The minimum Gasteiger partial charge on any atom is -0.411 e. The SMILES string of the molecule is CCC(C)=NO.N. The van der Waals surface area contributed by atoms with Gasteiger partial charge in [0.25, 0.3) is 0 Å². The van der Waals surface area contributed by atoms with E-state index in [9.17, 15) is 0 Å². The molecule has 0 amide bonds. The molecule has 0 bridgehead atoms. The highest BCUT2D eigenvalue weighted by Gasteiger charge is 1.77. The van der Waals surface area contributed by atoms with Crippen LogP contribution < -0.4 is 6.15 Å². The highest BCUT2D eigenvalue weighted by atomic mass is 16.4. The maximum Gasteiger partial charge on any atom is 0.0537 e. The lowest BCUT2D eigenvalue weighted by molar-refractivity contribution is 0.317. The first-order valence-electron chi connectivity index (χ1n) is 1.98. The average Bonchev–Trinajstić information content (AvgIpc) is 1.65. The summed E-state index contributed by atoms with van der Waals surface area (Å²) in [7, 11) is 0. The first kappa shape index (κ1) is 9.66. The molecule has 0 rings (SSSR count). The van der Waals surface area contributed by atoms with E-state index >= 15 is 0 Å². The van der Waals surface area contributed by atoms with E-state index in [1.807, 2.05) is 6.92 Å². The van der Waals surface area contributed by atoms with Crippen molar-refractivity contribution < 1.29 is 5.21 Å². The van der Waals surface area contributed by atoms with Crippen molar-refractivity contribution in [2.24, 2.45) is 5.16 Å². The van der Waals surface area contributed by atoms with Crippen molar-refractivity contribution in [2.75, 3.05) is 0 Å². The molecule has 0 radical (unpaired) electrons. The molecule has 0 fully saturated rings. The summed E-state index contributed by atoms with van der Waals surface area (Å²) in [5.74, 6) is 0. The average molecular weight is 104 g/mol. The van der Waals surface area contributed by atoms with Gasteiger partial charge in [-0.05, 0) is 13.3 Å². The summed E-state index contributed by atoms with van der Waals surface area (Å²) in [5.41, 5.74) is 0.773. The van der Waals surface area contributed by atoms with Gasteiger partial charge in [-0.1, -0.05) is 12.1 Å². The van der Waals surface area contributed by atoms with Gasteiger partial charge in [-0.25, -0.2) is 0 Å². The Hall–Kier alpha value is -0.570. The van der Waals surface area contributed by atoms with Gasteiger partial charge in [-0.2, -0.15) is 0 Å². The lowest BCUT2D eigenvalue weighted by Crippen LogP contribution is -1.83. The van der Waals surface area contributed by atoms with Gasteiger partial charge in [0.2, 0.25) is 0 Å². The summed E-state index contributed by atoms with van der Waals surface area (Å²) in [6.45, 7) is 3.72. The Labute approximate surface area is 43.6 Å². The predicted molar refractivity (Wildman–Crippen MR) is 30.2 cm³/mol. The molecule has 0 saturated carbocycles. The van der Waals surface area contributed by atoms with Gasteiger partial charge in [-0.3, -0.25) is 0 Å². The van der Waals surface area contributed by atoms with Crippen molar-refractivity contribution >= 4 is 5.71 Å². The maximum absolute atomic E-state index is 7.92. The Morgan fingerprint density at radius 1 is 1.71 bits per heavy atom. The van der Waals surface area contributed by atoms with Gasteiger partial charge < -0.3 is 11.4 Å². The van der Waals surface area contributed by atoms with E-state index in [0.717, 1.165) is 12.1 Å². The lowest BCUT2D eigenvalue weighted by Gasteiger charge is -1.81. The summed E-state index contributed by atoms with van der Waals surface area (Å²) < 4.78 is 0. The molecule has 0 unspecified atom stereocenters. The van der Waals surface area contributed by atoms with Crippen LogP contribution in [0.25, 0.3) is 0 Å². The van der Waals surface area contributed by atoms with Crippen LogP contribution in [0.1, 0.15) is 20.3 Å². The molecule has 7 heavy (non-hydrogen) atoms. The van der Waals surface area contributed by atoms with E-state index in [-0.39, 0.29) is 6.15 Å². The minimum absolute atomic E-state index is 0. The Kier molecular flexibility index (Phi) is 7.49. The van der Waals surface area contributed by atoms with E-state index in [4.69, 9.17) is 5.21 Å². The molecule has 0 aromatic carbocycles. The number of nitrogens with zero attached hydrogens (tertiary/aromatic N) is 1. The summed E-state index contributed by atoms with van der Waals surface area (Å²) >= 11 is 0. The molecule has 0 aliphatic carbocycles. The Morgan fingerprint density at radius 2 is 2.14 bits per heavy atom. The fraction of sp³-hybridized carbons (Fsp3) is 0.750. The third-order valence-corrected chi connectivity index (χ3v) is 0.682. The first-order valence-corrected chi connectivity index (χ1v) is 1.98. The normalized spacial score (nSPS) is 10.3. The van der Waals surface area contributed by atoms with Crippen LogP contribution in [0.3, 0.4) is 0 Å². The fourth-order valence-corrected chi connectivity index (χ4v) is 0.0707. The third-order valence-electron chi connectivity index (χ3n) is 0.682. The van der Waals surface area contributed by atoms with E-state index < -0.39 is 0 Å². The van der Waals surface area contributed by atoms with E-state index in [1.165, 1.54) is 0 Å². The minimum atomic E-state index is 0. The van der Waals surface area contributed by atoms with Crippen molar-refractivity contribution in [3.63, 3.8) is 0 Å². The summed E-state index contributed by atoms with van der Waals surface area (Å²) in [5, 5.41) is 10.8. The van der Waals surface area contributed by atoms with E-state index in [1.54, 1.807) is 6.92 Å². The largest absolute Gasteiger partial charge is 0.411 e. The molecule has 0 aromatic heterocycles. The molecule has 0 atom stereocenters. The van der Waals surface area contributed by atoms with Crippen LogP contribution in [-0.4, -0.2) is 10.9 Å². The van der Waals surface area contributed by atoms with E-state index in [2.05, 4.69) is 5.16 Å². The van der Waals surface area contributed by atoms with Gasteiger partial charge in [0.15, 0.2) is 0 Å². The van der Waals surface area contributed by atoms with Crippen molar-refractivity contribution in [3.05, 3.63) is 0 Å². The van der Waals surface area contributed by atoms with E-state index in [0.29, 0.717) is 0 Å². The Balaban J connectivity index is 0. The van der Waals surface area contributed by atoms with Gasteiger partial charge >= 0.3 is 0 Å². The molecular weight excluding hydrogens is 92.1 g/mol. The maximum atomic E-state index is 7.92. The van der Waals surface area contributed by atoms with Crippen molar-refractivity contribution in [1.82, 2.24) is 6.15 Å².